The van der Waals surface area contributed by atoms with Crippen LogP contribution in [0.5, 0.6) is 0 Å². The van der Waals surface area contributed by atoms with Crippen LogP contribution in [0.4, 0.5) is 0 Å². The molecule has 1 heterocycles. The first-order valence-corrected chi connectivity index (χ1v) is 5.82. The number of methoxy groups -OCH3 is 1. The van der Waals surface area contributed by atoms with Crippen LogP contribution < -0.4 is 5.32 Å². The van der Waals surface area contributed by atoms with E-state index in [1.807, 2.05) is 0 Å². The summed E-state index contributed by atoms with van der Waals surface area (Å²) in [5.41, 5.74) is 0.199. The van der Waals surface area contributed by atoms with Gasteiger partial charge in [0, 0.05) is 14.0 Å². The van der Waals surface area contributed by atoms with E-state index in [0.717, 1.165) is 12.8 Å². The van der Waals surface area contributed by atoms with Crippen LogP contribution in [-0.4, -0.2) is 31.5 Å². The molecule has 3 atom stereocenters. The molecular formula is C12H23NO3. The Labute approximate surface area is 97.7 Å². The molecule has 4 nitrogen and oxygen atoms in total. The minimum absolute atomic E-state index is 0.0445. The van der Waals surface area contributed by atoms with E-state index in [4.69, 9.17) is 9.47 Å². The number of carbonyl (C=O) groups excluding carboxylic acids is 1. The summed E-state index contributed by atoms with van der Waals surface area (Å²) in [6.07, 6.45) is 1.79. The Bertz CT molecular complexity index is 253. The van der Waals surface area contributed by atoms with Crippen molar-refractivity contribution in [3.8, 4) is 0 Å². The van der Waals surface area contributed by atoms with Gasteiger partial charge in [-0.1, -0.05) is 13.8 Å². The molecule has 0 spiro atoms. The molecule has 0 bridgehead atoms. The molecule has 1 fully saturated rings. The summed E-state index contributed by atoms with van der Waals surface area (Å²) in [4.78, 5) is 11.0. The van der Waals surface area contributed by atoms with Crippen LogP contribution in [0.3, 0.4) is 0 Å². The molecule has 1 saturated heterocycles. The van der Waals surface area contributed by atoms with Gasteiger partial charge in [0.05, 0.1) is 6.10 Å². The van der Waals surface area contributed by atoms with E-state index in [9.17, 15) is 4.79 Å². The van der Waals surface area contributed by atoms with Crippen molar-refractivity contribution in [3.63, 3.8) is 0 Å². The summed E-state index contributed by atoms with van der Waals surface area (Å²) in [7, 11) is 1.59. The standard InChI is InChI=1S/C12H23NO3/c1-8-12(3,4)7-6-10(16-8)11(15-5)13-9(2)14/h8,10-11H,6-7H2,1-5H3,(H,13,14)/t8?,10-,11+/m0/s1. The number of carbonyl (C=O) groups is 1. The molecule has 0 aromatic rings. The molecule has 1 N–H and O–H groups in total. The topological polar surface area (TPSA) is 47.6 Å². The van der Waals surface area contributed by atoms with Crippen LogP contribution in [0.1, 0.15) is 40.5 Å². The van der Waals surface area contributed by atoms with Crippen LogP contribution in [0.15, 0.2) is 0 Å². The zero-order valence-corrected chi connectivity index (χ0v) is 10.9. The molecule has 4 heteroatoms. The first kappa shape index (κ1) is 13.5. The van der Waals surface area contributed by atoms with Crippen molar-refractivity contribution >= 4 is 5.91 Å². The summed E-state index contributed by atoms with van der Waals surface area (Å²) in [5.74, 6) is -0.0899. The van der Waals surface area contributed by atoms with Crippen LogP contribution in [0.25, 0.3) is 0 Å². The van der Waals surface area contributed by atoms with E-state index in [2.05, 4.69) is 26.1 Å². The molecule has 94 valence electrons. The number of hydrogen-bond acceptors (Lipinski definition) is 3. The largest absolute Gasteiger partial charge is 0.370 e. The van der Waals surface area contributed by atoms with E-state index in [1.54, 1.807) is 7.11 Å². The van der Waals surface area contributed by atoms with Crippen LogP contribution in [0.2, 0.25) is 0 Å². The van der Waals surface area contributed by atoms with Gasteiger partial charge in [0.2, 0.25) is 5.91 Å². The van der Waals surface area contributed by atoms with Gasteiger partial charge in [-0.15, -0.1) is 0 Å². The lowest BCUT2D eigenvalue weighted by atomic mass is 9.79. The Kier molecular flexibility index (Phi) is 4.33. The molecule has 1 unspecified atom stereocenters. The Morgan fingerprint density at radius 2 is 2.19 bits per heavy atom. The van der Waals surface area contributed by atoms with Gasteiger partial charge in [0.25, 0.3) is 0 Å². The molecule has 1 amide bonds. The summed E-state index contributed by atoms with van der Waals surface area (Å²) in [5, 5.41) is 2.76. The third-order valence-corrected chi connectivity index (χ3v) is 3.49. The molecule has 0 radical (unpaired) electrons. The van der Waals surface area contributed by atoms with E-state index in [1.165, 1.54) is 6.92 Å². The van der Waals surface area contributed by atoms with E-state index >= 15 is 0 Å². The summed E-state index contributed by atoms with van der Waals surface area (Å²) in [6.45, 7) is 7.97. The summed E-state index contributed by atoms with van der Waals surface area (Å²) >= 11 is 0. The maximum atomic E-state index is 11.0. The van der Waals surface area contributed by atoms with Gasteiger partial charge in [0.15, 0.2) is 6.23 Å². The lowest BCUT2D eigenvalue weighted by Gasteiger charge is -2.42. The lowest BCUT2D eigenvalue weighted by Crippen LogP contribution is -2.50. The van der Waals surface area contributed by atoms with Gasteiger partial charge in [-0.2, -0.15) is 0 Å². The molecular weight excluding hydrogens is 206 g/mol. The van der Waals surface area contributed by atoms with Crippen molar-refractivity contribution in [3.05, 3.63) is 0 Å². The minimum atomic E-state index is -0.337. The highest BCUT2D eigenvalue weighted by atomic mass is 16.6. The molecule has 0 aromatic heterocycles. The highest BCUT2D eigenvalue weighted by molar-refractivity contribution is 5.73. The van der Waals surface area contributed by atoms with Crippen LogP contribution in [0, 0.1) is 5.41 Å². The highest BCUT2D eigenvalue weighted by Gasteiger charge is 2.37. The monoisotopic (exact) mass is 229 g/mol. The molecule has 0 aromatic carbocycles. The number of hydrogen-bond donors (Lipinski definition) is 1. The van der Waals surface area contributed by atoms with Gasteiger partial charge in [-0.3, -0.25) is 4.79 Å². The fraction of sp³-hybridized carbons (Fsp3) is 0.917. The third-order valence-electron chi connectivity index (χ3n) is 3.49. The number of nitrogens with one attached hydrogen (secondary N) is 1. The molecule has 1 aliphatic heterocycles. The third kappa shape index (κ3) is 3.19. The predicted octanol–water partition coefficient (Wildman–Crippen LogP) is 1.69. The Morgan fingerprint density at radius 3 is 2.62 bits per heavy atom. The van der Waals surface area contributed by atoms with E-state index in [-0.39, 0.29) is 29.8 Å². The summed E-state index contributed by atoms with van der Waals surface area (Å²) in [6, 6.07) is 0. The van der Waals surface area contributed by atoms with Crippen LogP contribution in [-0.2, 0) is 14.3 Å². The second-order valence-electron chi connectivity index (χ2n) is 5.20. The van der Waals surface area contributed by atoms with Crippen molar-refractivity contribution in [2.45, 2.75) is 59.0 Å². The second kappa shape index (κ2) is 5.15. The van der Waals surface area contributed by atoms with Crippen molar-refractivity contribution in [1.82, 2.24) is 5.32 Å². The molecule has 0 aliphatic carbocycles. The molecule has 16 heavy (non-hydrogen) atoms. The average molecular weight is 229 g/mol. The zero-order chi connectivity index (χ0) is 12.3. The number of amides is 1. The number of rotatable bonds is 3. The second-order valence-corrected chi connectivity index (χ2v) is 5.20. The van der Waals surface area contributed by atoms with Gasteiger partial charge in [0.1, 0.15) is 6.10 Å². The Hall–Kier alpha value is -0.610. The Morgan fingerprint density at radius 1 is 1.56 bits per heavy atom. The Balaban J connectivity index is 2.58. The maximum Gasteiger partial charge on any atom is 0.218 e. The van der Waals surface area contributed by atoms with Gasteiger partial charge in [-0.25, -0.2) is 0 Å². The van der Waals surface area contributed by atoms with Crippen LogP contribution >= 0.6 is 0 Å². The highest BCUT2D eigenvalue weighted by Crippen LogP contribution is 2.36. The van der Waals surface area contributed by atoms with Gasteiger partial charge in [-0.05, 0) is 25.2 Å². The fourth-order valence-electron chi connectivity index (χ4n) is 1.96. The maximum absolute atomic E-state index is 11.0. The predicted molar refractivity (Wildman–Crippen MR) is 62.0 cm³/mol. The quantitative estimate of drug-likeness (QED) is 0.749. The SMILES string of the molecule is CO[C@@H](NC(C)=O)[C@@H]1CCC(C)(C)C(C)O1. The van der Waals surface area contributed by atoms with Crippen molar-refractivity contribution in [1.29, 1.82) is 0 Å². The molecule has 1 aliphatic rings. The molecule has 1 rings (SSSR count). The smallest absolute Gasteiger partial charge is 0.218 e. The van der Waals surface area contributed by atoms with Gasteiger partial charge >= 0.3 is 0 Å². The average Bonchev–Trinajstić information content (AvgIpc) is 2.18. The zero-order valence-electron chi connectivity index (χ0n) is 10.9. The lowest BCUT2D eigenvalue weighted by molar-refractivity contribution is -0.164. The normalized spacial score (nSPS) is 30.8. The van der Waals surface area contributed by atoms with E-state index in [0.29, 0.717) is 0 Å². The van der Waals surface area contributed by atoms with Crippen molar-refractivity contribution < 1.29 is 14.3 Å². The van der Waals surface area contributed by atoms with E-state index < -0.39 is 0 Å². The van der Waals surface area contributed by atoms with Crippen molar-refractivity contribution in [2.75, 3.05) is 7.11 Å². The number of ether oxygens (including phenoxy) is 2. The first-order chi connectivity index (χ1) is 7.36. The minimum Gasteiger partial charge on any atom is -0.370 e. The van der Waals surface area contributed by atoms with Gasteiger partial charge < -0.3 is 14.8 Å². The fourth-order valence-corrected chi connectivity index (χ4v) is 1.96. The first-order valence-electron chi connectivity index (χ1n) is 5.82. The molecule has 0 saturated carbocycles. The van der Waals surface area contributed by atoms with Crippen molar-refractivity contribution in [2.24, 2.45) is 5.41 Å². The summed E-state index contributed by atoms with van der Waals surface area (Å²) < 4.78 is 11.2.